The molecular weight excluding hydrogens is 348 g/mol. The monoisotopic (exact) mass is 366 g/mol. The summed E-state index contributed by atoms with van der Waals surface area (Å²) >= 11 is 0. The van der Waals surface area contributed by atoms with Crippen LogP contribution >= 0.6 is 12.4 Å². The molecule has 2 aromatic rings. The normalized spacial score (nSPS) is 19.7. The number of hydrogen-bond acceptors (Lipinski definition) is 6. The van der Waals surface area contributed by atoms with Crippen LogP contribution in [0.1, 0.15) is 30.1 Å². The Labute approximate surface area is 150 Å². The summed E-state index contributed by atoms with van der Waals surface area (Å²) < 4.78 is 1.30. The van der Waals surface area contributed by atoms with Crippen molar-refractivity contribution in [2.45, 2.75) is 31.8 Å². The zero-order valence-electron chi connectivity index (χ0n) is 13.6. The van der Waals surface area contributed by atoms with E-state index in [-0.39, 0.29) is 47.3 Å². The largest absolute Gasteiger partial charge is 0.348 e. The Morgan fingerprint density at radius 3 is 2.92 bits per heavy atom. The molecule has 0 aliphatic carbocycles. The van der Waals surface area contributed by atoms with E-state index in [1.54, 1.807) is 6.07 Å². The third-order valence-corrected chi connectivity index (χ3v) is 4.18. The lowest BCUT2D eigenvalue weighted by molar-refractivity contribution is -0.384. The van der Waals surface area contributed by atoms with Gasteiger partial charge in [-0.1, -0.05) is 0 Å². The average molecular weight is 367 g/mol. The number of carbonyl (C=O) groups is 1. The first-order chi connectivity index (χ1) is 11.6. The van der Waals surface area contributed by atoms with Gasteiger partial charge in [-0.3, -0.25) is 14.9 Å². The number of piperidine rings is 1. The first-order valence-corrected chi connectivity index (χ1v) is 7.74. The second-order valence-corrected chi connectivity index (χ2v) is 5.77. The van der Waals surface area contributed by atoms with Gasteiger partial charge in [-0.05, 0) is 38.4 Å². The fourth-order valence-corrected chi connectivity index (χ4v) is 2.83. The lowest BCUT2D eigenvalue weighted by Gasteiger charge is -2.30. The summed E-state index contributed by atoms with van der Waals surface area (Å²) in [5.74, 6) is -0.316. The lowest BCUT2D eigenvalue weighted by atomic mass is 9.99. The predicted molar refractivity (Wildman–Crippen MR) is 93.2 cm³/mol. The number of halogens is 1. The number of aromatic nitrogens is 3. The van der Waals surface area contributed by atoms with Gasteiger partial charge >= 0.3 is 0 Å². The number of carbonyl (C=O) groups excluding carboxylic acids is 1. The predicted octanol–water partition coefficient (Wildman–Crippen LogP) is 1.47. The highest BCUT2D eigenvalue weighted by Crippen LogP contribution is 2.23. The molecule has 1 amide bonds. The summed E-state index contributed by atoms with van der Waals surface area (Å²) in [6.07, 6.45) is 4.54. The van der Waals surface area contributed by atoms with Crippen LogP contribution < -0.4 is 10.6 Å². The third kappa shape index (κ3) is 4.12. The number of nitro benzene ring substituents is 1. The van der Waals surface area contributed by atoms with Crippen molar-refractivity contribution in [2.24, 2.45) is 0 Å². The van der Waals surface area contributed by atoms with Gasteiger partial charge in [-0.25, -0.2) is 9.67 Å². The molecule has 10 heteroatoms. The molecule has 2 heterocycles. The van der Waals surface area contributed by atoms with Crippen LogP contribution in [0.4, 0.5) is 5.69 Å². The Hall–Kier alpha value is -2.52. The molecule has 2 N–H and O–H groups in total. The van der Waals surface area contributed by atoms with Crippen LogP contribution in [0.5, 0.6) is 0 Å². The molecule has 1 aliphatic rings. The minimum atomic E-state index is -0.529. The van der Waals surface area contributed by atoms with Crippen molar-refractivity contribution in [1.29, 1.82) is 0 Å². The van der Waals surface area contributed by atoms with Gasteiger partial charge in [0.1, 0.15) is 18.3 Å². The molecule has 0 saturated carbocycles. The van der Waals surface area contributed by atoms with Crippen molar-refractivity contribution >= 4 is 24.0 Å². The summed E-state index contributed by atoms with van der Waals surface area (Å²) in [4.78, 5) is 27.0. The van der Waals surface area contributed by atoms with E-state index in [1.165, 1.54) is 29.5 Å². The van der Waals surface area contributed by atoms with Gasteiger partial charge in [-0.2, -0.15) is 5.10 Å². The maximum Gasteiger partial charge on any atom is 0.295 e. The quantitative estimate of drug-likeness (QED) is 0.625. The molecular formula is C15H19ClN6O3. The minimum Gasteiger partial charge on any atom is -0.348 e. The van der Waals surface area contributed by atoms with Crippen LogP contribution in [0.15, 0.2) is 30.9 Å². The van der Waals surface area contributed by atoms with Crippen LogP contribution in [-0.2, 0) is 0 Å². The van der Waals surface area contributed by atoms with Gasteiger partial charge in [0, 0.05) is 23.7 Å². The molecule has 1 aliphatic heterocycles. The van der Waals surface area contributed by atoms with E-state index in [0.29, 0.717) is 0 Å². The second-order valence-electron chi connectivity index (χ2n) is 5.77. The van der Waals surface area contributed by atoms with Crippen molar-refractivity contribution in [3.8, 4) is 5.69 Å². The molecule has 134 valence electrons. The Morgan fingerprint density at radius 2 is 2.28 bits per heavy atom. The van der Waals surface area contributed by atoms with Gasteiger partial charge in [0.2, 0.25) is 0 Å². The number of nitro groups is 1. The number of nitrogens with one attached hydrogen (secondary N) is 2. The second kappa shape index (κ2) is 8.04. The molecule has 2 atom stereocenters. The molecule has 1 fully saturated rings. The third-order valence-electron chi connectivity index (χ3n) is 4.18. The van der Waals surface area contributed by atoms with Crippen LogP contribution in [0, 0.1) is 10.1 Å². The van der Waals surface area contributed by atoms with Crippen molar-refractivity contribution in [3.63, 3.8) is 0 Å². The molecule has 0 bridgehead atoms. The van der Waals surface area contributed by atoms with Gasteiger partial charge in [0.05, 0.1) is 4.92 Å². The van der Waals surface area contributed by atoms with Crippen molar-refractivity contribution in [2.75, 3.05) is 6.54 Å². The number of nitrogens with zero attached hydrogens (tertiary/aromatic N) is 4. The maximum atomic E-state index is 12.4. The molecule has 1 saturated heterocycles. The fraction of sp³-hybridized carbons (Fsp3) is 0.400. The van der Waals surface area contributed by atoms with Crippen molar-refractivity contribution in [3.05, 3.63) is 46.5 Å². The van der Waals surface area contributed by atoms with Gasteiger partial charge in [0.15, 0.2) is 0 Å². The van der Waals surface area contributed by atoms with Crippen LogP contribution in [0.3, 0.4) is 0 Å². The molecule has 0 radical (unpaired) electrons. The van der Waals surface area contributed by atoms with Crippen molar-refractivity contribution < 1.29 is 9.72 Å². The summed E-state index contributed by atoms with van der Waals surface area (Å²) in [5, 5.41) is 21.5. The summed E-state index contributed by atoms with van der Waals surface area (Å²) in [7, 11) is 0. The SMILES string of the molecule is CC1NCCCC1NC(=O)c1ccc(-n2cncn2)c([N+](=O)[O-])c1.Cl. The number of amides is 1. The van der Waals surface area contributed by atoms with Crippen LogP contribution in [-0.4, -0.2) is 44.2 Å². The number of hydrogen-bond donors (Lipinski definition) is 2. The number of benzene rings is 1. The Morgan fingerprint density at radius 1 is 1.48 bits per heavy atom. The highest BCUT2D eigenvalue weighted by Gasteiger charge is 2.24. The maximum absolute atomic E-state index is 12.4. The molecule has 3 rings (SSSR count). The fourth-order valence-electron chi connectivity index (χ4n) is 2.83. The van der Waals surface area contributed by atoms with E-state index in [9.17, 15) is 14.9 Å². The molecule has 0 spiro atoms. The van der Waals surface area contributed by atoms with E-state index >= 15 is 0 Å². The summed E-state index contributed by atoms with van der Waals surface area (Å²) in [5.41, 5.74) is 0.327. The van der Waals surface area contributed by atoms with Crippen LogP contribution in [0.25, 0.3) is 5.69 Å². The standard InChI is InChI=1S/C15H18N6O3.ClH/c1-10-12(3-2-6-17-10)19-15(22)11-4-5-13(14(7-11)21(23)24)20-9-16-8-18-20;/h4-5,7-10,12,17H,2-3,6H2,1H3,(H,19,22);1H. The molecule has 2 unspecified atom stereocenters. The average Bonchev–Trinajstić information content (AvgIpc) is 3.10. The Kier molecular flexibility index (Phi) is 6.05. The highest BCUT2D eigenvalue weighted by atomic mass is 35.5. The molecule has 1 aromatic heterocycles. The first kappa shape index (κ1) is 18.8. The van der Waals surface area contributed by atoms with Gasteiger partial charge in [-0.15, -0.1) is 12.4 Å². The molecule has 1 aromatic carbocycles. The first-order valence-electron chi connectivity index (χ1n) is 7.74. The Bertz CT molecular complexity index is 752. The topological polar surface area (TPSA) is 115 Å². The van der Waals surface area contributed by atoms with E-state index in [2.05, 4.69) is 20.7 Å². The van der Waals surface area contributed by atoms with Gasteiger partial charge < -0.3 is 10.6 Å². The van der Waals surface area contributed by atoms with E-state index in [4.69, 9.17) is 0 Å². The minimum absolute atomic E-state index is 0. The Balaban J connectivity index is 0.00000225. The summed E-state index contributed by atoms with van der Waals surface area (Å²) in [6.45, 7) is 2.95. The lowest BCUT2D eigenvalue weighted by Crippen LogP contribution is -2.51. The van der Waals surface area contributed by atoms with E-state index < -0.39 is 4.92 Å². The van der Waals surface area contributed by atoms with Gasteiger partial charge in [0.25, 0.3) is 11.6 Å². The zero-order chi connectivity index (χ0) is 17.1. The van der Waals surface area contributed by atoms with Crippen LogP contribution in [0.2, 0.25) is 0 Å². The van der Waals surface area contributed by atoms with Crippen molar-refractivity contribution in [1.82, 2.24) is 25.4 Å². The smallest absolute Gasteiger partial charge is 0.295 e. The zero-order valence-corrected chi connectivity index (χ0v) is 14.4. The molecule has 9 nitrogen and oxygen atoms in total. The van der Waals surface area contributed by atoms with E-state index in [1.807, 2.05) is 6.92 Å². The highest BCUT2D eigenvalue weighted by molar-refractivity contribution is 5.95. The molecule has 25 heavy (non-hydrogen) atoms. The van der Waals surface area contributed by atoms with E-state index in [0.717, 1.165) is 19.4 Å². The summed E-state index contributed by atoms with van der Waals surface area (Å²) in [6, 6.07) is 4.52. The number of rotatable bonds is 4.